The predicted octanol–water partition coefficient (Wildman–Crippen LogP) is 5.00. The Morgan fingerprint density at radius 2 is 0.957 bits per heavy atom. The number of rotatable bonds is 6. The zero-order valence-corrected chi connectivity index (χ0v) is 18.7. The van der Waals surface area contributed by atoms with Crippen molar-refractivity contribution in [2.75, 3.05) is 0 Å². The summed E-state index contributed by atoms with van der Waals surface area (Å²) in [5, 5.41) is 3.25. The van der Waals surface area contributed by atoms with E-state index in [0.29, 0.717) is 0 Å². The second-order valence-electron chi connectivity index (χ2n) is 8.80. The molecular formula is C20H32Si3. The van der Waals surface area contributed by atoms with E-state index >= 15 is 0 Å². The Balaban J connectivity index is 2.50. The second-order valence-corrected chi connectivity index (χ2v) is 29.2. The van der Waals surface area contributed by atoms with E-state index in [1.54, 1.807) is 10.4 Å². The Hall–Kier alpha value is -0.909. The van der Waals surface area contributed by atoms with Crippen molar-refractivity contribution in [3.63, 3.8) is 0 Å². The van der Waals surface area contributed by atoms with Crippen molar-refractivity contribution in [2.45, 2.75) is 51.4 Å². The van der Waals surface area contributed by atoms with E-state index in [1.165, 1.54) is 12.1 Å². The van der Waals surface area contributed by atoms with Crippen LogP contribution in [0.2, 0.25) is 51.4 Å². The largest absolute Gasteiger partial charge is 0.107 e. The molecule has 0 aliphatic rings. The van der Waals surface area contributed by atoms with Gasteiger partial charge in [0.15, 0.2) is 0 Å². The topological polar surface area (TPSA) is 0 Å². The molecule has 0 radical (unpaired) electrons. The van der Waals surface area contributed by atoms with Gasteiger partial charge in [0.05, 0.1) is 7.59 Å². The Morgan fingerprint density at radius 3 is 1.30 bits per heavy atom. The van der Waals surface area contributed by atoms with Crippen LogP contribution >= 0.6 is 0 Å². The standard InChI is InChI=1S/C20H32Si3/c1-21(2,3)17-18-22(4,5)23(6,19-13-9-7-10-14-19)20-15-11-8-12-16-20/h7-16H,17-18H2,1-6H3. The van der Waals surface area contributed by atoms with Crippen LogP contribution < -0.4 is 10.4 Å². The maximum atomic E-state index is 2.65. The second kappa shape index (κ2) is 6.91. The molecule has 0 nitrogen and oxygen atoms in total. The van der Waals surface area contributed by atoms with Crippen LogP contribution in [0.3, 0.4) is 0 Å². The summed E-state index contributed by atoms with van der Waals surface area (Å²) in [4.78, 5) is 0. The van der Waals surface area contributed by atoms with E-state index in [-0.39, 0.29) is 0 Å². The third-order valence-electron chi connectivity index (χ3n) is 5.56. The average molecular weight is 357 g/mol. The molecule has 2 aromatic rings. The fraction of sp³-hybridized carbons (Fsp3) is 0.400. The van der Waals surface area contributed by atoms with Gasteiger partial charge >= 0.3 is 0 Å². The Kier molecular flexibility index (Phi) is 5.54. The number of hydrogen-bond acceptors (Lipinski definition) is 0. The lowest BCUT2D eigenvalue weighted by Gasteiger charge is -2.43. The molecule has 0 aliphatic carbocycles. The smallest absolute Gasteiger partial charge is 0.0707 e. The fourth-order valence-electron chi connectivity index (χ4n) is 3.43. The monoisotopic (exact) mass is 356 g/mol. The van der Waals surface area contributed by atoms with E-state index < -0.39 is 23.3 Å². The van der Waals surface area contributed by atoms with Crippen LogP contribution in [-0.4, -0.2) is 23.3 Å². The quantitative estimate of drug-likeness (QED) is 0.639. The highest BCUT2D eigenvalue weighted by molar-refractivity contribution is 7.50. The van der Waals surface area contributed by atoms with Crippen LogP contribution in [0.25, 0.3) is 0 Å². The Labute approximate surface area is 145 Å². The average Bonchev–Trinajstić information content (AvgIpc) is 2.53. The van der Waals surface area contributed by atoms with Crippen LogP contribution in [0.1, 0.15) is 0 Å². The van der Waals surface area contributed by atoms with E-state index in [0.717, 1.165) is 0 Å². The van der Waals surface area contributed by atoms with Gasteiger partial charge in [-0.3, -0.25) is 0 Å². The van der Waals surface area contributed by atoms with Gasteiger partial charge in [-0.1, -0.05) is 122 Å². The van der Waals surface area contributed by atoms with Crippen LogP contribution in [0.5, 0.6) is 0 Å². The zero-order valence-electron chi connectivity index (χ0n) is 15.7. The molecular weight excluding hydrogens is 324 g/mol. The minimum Gasteiger partial charge on any atom is -0.0707 e. The van der Waals surface area contributed by atoms with Gasteiger partial charge in [-0.2, -0.15) is 0 Å². The van der Waals surface area contributed by atoms with E-state index in [9.17, 15) is 0 Å². The molecule has 0 saturated heterocycles. The van der Waals surface area contributed by atoms with Gasteiger partial charge in [-0.25, -0.2) is 0 Å². The molecule has 0 unspecified atom stereocenters. The summed E-state index contributed by atoms with van der Waals surface area (Å²) >= 11 is 0. The molecule has 23 heavy (non-hydrogen) atoms. The molecule has 0 aromatic heterocycles. The first-order valence-electron chi connectivity index (χ1n) is 8.78. The highest BCUT2D eigenvalue weighted by Gasteiger charge is 2.47. The molecule has 0 aliphatic heterocycles. The lowest BCUT2D eigenvalue weighted by molar-refractivity contribution is 1.29. The summed E-state index contributed by atoms with van der Waals surface area (Å²) in [6.07, 6.45) is 0. The van der Waals surface area contributed by atoms with Crippen LogP contribution in [0.4, 0.5) is 0 Å². The fourth-order valence-corrected chi connectivity index (χ4v) is 21.4. The first-order valence-corrected chi connectivity index (χ1v) is 19.2. The third kappa shape index (κ3) is 4.14. The van der Waals surface area contributed by atoms with E-state index in [1.807, 2.05) is 0 Å². The van der Waals surface area contributed by atoms with E-state index in [2.05, 4.69) is 99.9 Å². The molecule has 0 bridgehead atoms. The van der Waals surface area contributed by atoms with Crippen LogP contribution in [-0.2, 0) is 0 Å². The molecule has 0 N–H and O–H groups in total. The van der Waals surface area contributed by atoms with Crippen molar-refractivity contribution < 1.29 is 0 Å². The molecule has 0 heterocycles. The molecule has 0 spiro atoms. The van der Waals surface area contributed by atoms with Gasteiger partial charge in [0.1, 0.15) is 7.59 Å². The van der Waals surface area contributed by atoms with E-state index in [4.69, 9.17) is 0 Å². The normalized spacial score (nSPS) is 13.1. The van der Waals surface area contributed by atoms with Gasteiger partial charge in [0.25, 0.3) is 0 Å². The molecule has 124 valence electrons. The first-order chi connectivity index (χ1) is 10.7. The van der Waals surface area contributed by atoms with Gasteiger partial charge in [-0.15, -0.1) is 0 Å². The molecule has 0 amide bonds. The molecule has 2 aromatic carbocycles. The van der Waals surface area contributed by atoms with Crippen molar-refractivity contribution >= 4 is 33.6 Å². The number of benzene rings is 2. The molecule has 0 fully saturated rings. The third-order valence-corrected chi connectivity index (χ3v) is 25.6. The Morgan fingerprint density at radius 1 is 0.565 bits per heavy atom. The summed E-state index contributed by atoms with van der Waals surface area (Å²) in [7, 11) is -4.03. The van der Waals surface area contributed by atoms with Crippen molar-refractivity contribution in [3.8, 4) is 0 Å². The Bertz CT molecular complexity index is 573. The van der Waals surface area contributed by atoms with Crippen molar-refractivity contribution in [1.29, 1.82) is 0 Å². The zero-order chi connectivity index (χ0) is 17.1. The van der Waals surface area contributed by atoms with Crippen molar-refractivity contribution in [1.82, 2.24) is 0 Å². The lowest BCUT2D eigenvalue weighted by atomic mass is 10.4. The molecule has 2 rings (SSSR count). The predicted molar refractivity (Wildman–Crippen MR) is 114 cm³/mol. The summed E-state index contributed by atoms with van der Waals surface area (Å²) in [6, 6.07) is 25.7. The summed E-state index contributed by atoms with van der Waals surface area (Å²) < 4.78 is 0. The highest BCUT2D eigenvalue weighted by Crippen LogP contribution is 2.28. The number of hydrogen-bond donors (Lipinski definition) is 0. The van der Waals surface area contributed by atoms with Crippen LogP contribution in [0.15, 0.2) is 60.7 Å². The molecule has 3 heteroatoms. The lowest BCUT2D eigenvalue weighted by Crippen LogP contribution is -2.72. The van der Waals surface area contributed by atoms with Crippen molar-refractivity contribution in [3.05, 3.63) is 60.7 Å². The summed E-state index contributed by atoms with van der Waals surface area (Å²) in [5.74, 6) is 0. The van der Waals surface area contributed by atoms with Gasteiger partial charge in [-0.05, 0) is 0 Å². The minimum absolute atomic E-state index is 0.991. The summed E-state index contributed by atoms with van der Waals surface area (Å²) in [6.45, 7) is 15.5. The maximum absolute atomic E-state index is 2.65. The molecule has 0 atom stereocenters. The van der Waals surface area contributed by atoms with Gasteiger partial charge in [0.2, 0.25) is 0 Å². The highest BCUT2D eigenvalue weighted by atomic mass is 29.3. The van der Waals surface area contributed by atoms with Gasteiger partial charge in [0, 0.05) is 8.07 Å². The summed E-state index contributed by atoms with van der Waals surface area (Å²) in [5.41, 5.74) is 0. The van der Waals surface area contributed by atoms with Gasteiger partial charge < -0.3 is 0 Å². The maximum Gasteiger partial charge on any atom is 0.107 e. The van der Waals surface area contributed by atoms with Crippen LogP contribution in [0, 0.1) is 0 Å². The SMILES string of the molecule is C[Si](C)(C)CC[Si](C)(C)[Si](C)(c1ccccc1)c1ccccc1. The van der Waals surface area contributed by atoms with Crippen molar-refractivity contribution in [2.24, 2.45) is 0 Å². The molecule has 0 saturated carbocycles. The minimum atomic E-state index is -1.67. The first kappa shape index (κ1) is 18.4.